The number of benzene rings is 2. The second kappa shape index (κ2) is 33.9. The van der Waals surface area contributed by atoms with E-state index in [-0.39, 0.29) is 78.8 Å². The number of unbranched alkanes of at least 4 members (excludes halogenated alkanes) is 2. The lowest BCUT2D eigenvalue weighted by Crippen LogP contribution is -2.48. The van der Waals surface area contributed by atoms with Crippen molar-refractivity contribution in [1.82, 2.24) is 10.6 Å². The van der Waals surface area contributed by atoms with Crippen LogP contribution in [0, 0.1) is 51.2 Å². The van der Waals surface area contributed by atoms with Crippen LogP contribution in [0.15, 0.2) is 85.0 Å². The average Bonchev–Trinajstić information content (AvgIpc) is 1.56. The van der Waals surface area contributed by atoms with E-state index in [0.29, 0.717) is 36.4 Å². The van der Waals surface area contributed by atoms with Gasteiger partial charge in [0.25, 0.3) is 0 Å². The first kappa shape index (κ1) is 79.5. The minimum atomic E-state index is -0.968. The Hall–Kier alpha value is -5.16. The van der Waals surface area contributed by atoms with Gasteiger partial charge in [-0.15, -0.1) is 0 Å². The van der Waals surface area contributed by atoms with Crippen LogP contribution in [0.3, 0.4) is 0 Å². The number of amides is 2. The molecule has 16 heteroatoms. The molecule has 2 aromatic rings. The van der Waals surface area contributed by atoms with Gasteiger partial charge in [0.05, 0.1) is 73.8 Å². The van der Waals surface area contributed by atoms with Crippen molar-refractivity contribution in [2.24, 2.45) is 51.2 Å². The number of para-hydroxylation sites is 2. The molecule has 2 N–H and O–H groups in total. The summed E-state index contributed by atoms with van der Waals surface area (Å²) in [5, 5.41) is 5.39. The van der Waals surface area contributed by atoms with Crippen molar-refractivity contribution >= 4 is 24.1 Å². The molecule has 5 rings (SSSR count). The lowest BCUT2D eigenvalue weighted by Gasteiger charge is -2.51. The molecule has 0 saturated heterocycles. The SMILES string of the molecule is C=C(C)C(=O)OCCNC(=O)OC(C)(C)C(COc1ccccc1)COC(C)(C)C(C)(C)CCCCOC(C)(C)CC1(C)CCC2C(C1)C1CCC2(CC(C)(C)OCCCCC(C)(C)C(C)(C)OCC(COc2ccccc2)C(C)(C)OC(=O)NCCOC(=O)C(=C)C)C1. The van der Waals surface area contributed by atoms with Gasteiger partial charge >= 0.3 is 24.1 Å². The van der Waals surface area contributed by atoms with Gasteiger partial charge in [-0.2, -0.15) is 0 Å². The number of hydrogen-bond acceptors (Lipinski definition) is 14. The number of hydrogen-bond donors (Lipinski definition) is 2. The molecule has 0 aliphatic heterocycles. The fourth-order valence-corrected chi connectivity index (χ4v) is 14.6. The summed E-state index contributed by atoms with van der Waals surface area (Å²) in [7, 11) is 0. The van der Waals surface area contributed by atoms with Crippen LogP contribution in [-0.2, 0) is 47.5 Å². The number of rotatable bonds is 42. The summed E-state index contributed by atoms with van der Waals surface area (Å²) in [6, 6.07) is 19.2. The van der Waals surface area contributed by atoms with E-state index in [1.165, 1.54) is 38.5 Å². The Bertz CT molecular complexity index is 2730. The van der Waals surface area contributed by atoms with E-state index in [2.05, 4.69) is 114 Å². The number of carbonyl (C=O) groups excluding carboxylic acids is 4. The number of carbonyl (C=O) groups is 4. The summed E-state index contributed by atoms with van der Waals surface area (Å²) in [5.74, 6) is 2.11. The quantitative estimate of drug-likeness (QED) is 0.0277. The maximum Gasteiger partial charge on any atom is 0.407 e. The van der Waals surface area contributed by atoms with Crippen LogP contribution in [0.1, 0.15) is 221 Å². The van der Waals surface area contributed by atoms with Gasteiger partial charge in [-0.3, -0.25) is 0 Å². The first-order chi connectivity index (χ1) is 43.6. The fraction of sp³-hybridized carbons (Fsp3) is 0.744. The summed E-state index contributed by atoms with van der Waals surface area (Å²) in [6.07, 6.45) is 14.6. The molecule has 7 unspecified atom stereocenters. The third-order valence-electron chi connectivity index (χ3n) is 21.9. The highest BCUT2D eigenvalue weighted by Crippen LogP contribution is 2.69. The summed E-state index contributed by atoms with van der Waals surface area (Å²) < 4.78 is 62.0. The van der Waals surface area contributed by atoms with Gasteiger partial charge in [0.1, 0.15) is 35.9 Å². The Morgan fingerprint density at radius 3 is 1.35 bits per heavy atom. The van der Waals surface area contributed by atoms with Crippen molar-refractivity contribution < 1.29 is 66.5 Å². The number of nitrogens with one attached hydrogen (secondary N) is 2. The average molecular weight is 1320 g/mol. The van der Waals surface area contributed by atoms with Gasteiger partial charge in [-0.05, 0) is 238 Å². The second-order valence-corrected chi connectivity index (χ2v) is 32.9. The Morgan fingerprint density at radius 1 is 0.521 bits per heavy atom. The van der Waals surface area contributed by atoms with Gasteiger partial charge in [-0.1, -0.05) is 97.0 Å². The number of ether oxygens (including phenoxy) is 10. The zero-order valence-corrected chi connectivity index (χ0v) is 61.8. The van der Waals surface area contributed by atoms with Gasteiger partial charge < -0.3 is 58.0 Å². The van der Waals surface area contributed by atoms with E-state index in [0.717, 1.165) is 87.2 Å². The Morgan fingerprint density at radius 2 is 0.936 bits per heavy atom. The Balaban J connectivity index is 1.05. The minimum Gasteiger partial charge on any atom is -0.493 e. The van der Waals surface area contributed by atoms with E-state index >= 15 is 0 Å². The summed E-state index contributed by atoms with van der Waals surface area (Å²) in [4.78, 5) is 49.6. The molecule has 2 amide bonds. The van der Waals surface area contributed by atoms with Crippen molar-refractivity contribution in [2.45, 2.75) is 255 Å². The van der Waals surface area contributed by atoms with E-state index in [1.54, 1.807) is 13.8 Å². The van der Waals surface area contributed by atoms with Crippen LogP contribution in [0.2, 0.25) is 0 Å². The summed E-state index contributed by atoms with van der Waals surface area (Å²) >= 11 is 0. The third kappa shape index (κ3) is 24.1. The number of esters is 2. The summed E-state index contributed by atoms with van der Waals surface area (Å²) in [6.45, 7) is 50.1. The maximum atomic E-state index is 13.0. The van der Waals surface area contributed by atoms with E-state index in [1.807, 2.05) is 88.4 Å². The van der Waals surface area contributed by atoms with Crippen LogP contribution in [-0.4, -0.2) is 124 Å². The summed E-state index contributed by atoms with van der Waals surface area (Å²) in [5.41, 5.74) is -2.60. The molecule has 0 heterocycles. The van der Waals surface area contributed by atoms with Crippen LogP contribution in [0.25, 0.3) is 0 Å². The fourth-order valence-electron chi connectivity index (χ4n) is 14.6. The molecule has 532 valence electrons. The van der Waals surface area contributed by atoms with E-state index < -0.39 is 46.5 Å². The highest BCUT2D eigenvalue weighted by molar-refractivity contribution is 5.87. The standard InChI is InChI=1S/C78H126N2O14/c1-56(2)65(81)85-46-42-79-67(83)93-73(13,14)59(50-87-61-32-24-22-25-33-61)52-91-75(17,18)69(5,6)38-28-30-44-89-71(9,10)54-77(21)40-37-64-63(49-77)58-36-41-78(64,48-58)55-72(11,12)90-45-31-29-39-70(7,8)76(19,20)92-53-60(51-88-62-34-26-23-27-35-62)74(15,16)94-68(84)80-43-47-86-66(82)57(3)4/h22-27,32-35,58-60,63-64H,1,3,28-31,36-55H2,2,4-21H3,(H,79,83)(H,80,84). The molecular formula is C78H126N2O14. The minimum absolute atomic E-state index is 0.00500. The predicted octanol–water partition coefficient (Wildman–Crippen LogP) is 17.2. The Labute approximate surface area is 567 Å². The molecule has 7 atom stereocenters. The zero-order valence-electron chi connectivity index (χ0n) is 61.8. The Kier molecular flexibility index (Phi) is 28.7. The monoisotopic (exact) mass is 1310 g/mol. The van der Waals surface area contributed by atoms with Crippen molar-refractivity contribution in [2.75, 3.05) is 65.9 Å². The van der Waals surface area contributed by atoms with E-state index in [9.17, 15) is 19.2 Å². The van der Waals surface area contributed by atoms with Gasteiger partial charge in [0.15, 0.2) is 0 Å². The first-order valence-electron chi connectivity index (χ1n) is 35.1. The van der Waals surface area contributed by atoms with Gasteiger partial charge in [-0.25, -0.2) is 19.2 Å². The van der Waals surface area contributed by atoms with Gasteiger partial charge in [0.2, 0.25) is 0 Å². The largest absolute Gasteiger partial charge is 0.493 e. The molecule has 0 spiro atoms. The molecule has 0 radical (unpaired) electrons. The lowest BCUT2D eigenvalue weighted by molar-refractivity contribution is -0.141. The molecule has 3 aliphatic rings. The van der Waals surface area contributed by atoms with Crippen LogP contribution in [0.4, 0.5) is 9.59 Å². The van der Waals surface area contributed by atoms with Crippen LogP contribution >= 0.6 is 0 Å². The number of alkyl carbamates (subject to hydrolysis) is 2. The topological polar surface area (TPSA) is 185 Å². The molecular weight excluding hydrogens is 1190 g/mol. The van der Waals surface area contributed by atoms with Crippen LogP contribution < -0.4 is 20.1 Å². The second-order valence-electron chi connectivity index (χ2n) is 32.9. The molecule has 16 nitrogen and oxygen atoms in total. The molecule has 3 fully saturated rings. The maximum absolute atomic E-state index is 13.0. The normalized spacial score (nSPS) is 20.9. The van der Waals surface area contributed by atoms with E-state index in [4.69, 9.17) is 47.4 Å². The highest BCUT2D eigenvalue weighted by atomic mass is 16.6. The number of fused-ring (bicyclic) bond motifs is 5. The zero-order chi connectivity index (χ0) is 70.0. The lowest BCUT2D eigenvalue weighted by atomic mass is 9.55. The van der Waals surface area contributed by atoms with Crippen molar-refractivity contribution in [3.63, 3.8) is 0 Å². The van der Waals surface area contributed by atoms with Crippen molar-refractivity contribution in [1.29, 1.82) is 0 Å². The molecule has 3 aliphatic carbocycles. The van der Waals surface area contributed by atoms with Crippen LogP contribution in [0.5, 0.6) is 11.5 Å². The van der Waals surface area contributed by atoms with Crippen molar-refractivity contribution in [3.05, 3.63) is 85.0 Å². The molecule has 0 aromatic heterocycles. The third-order valence-corrected chi connectivity index (χ3v) is 21.9. The smallest absolute Gasteiger partial charge is 0.407 e. The highest BCUT2D eigenvalue weighted by Gasteiger charge is 2.61. The van der Waals surface area contributed by atoms with Crippen molar-refractivity contribution in [3.8, 4) is 11.5 Å². The predicted molar refractivity (Wildman–Crippen MR) is 373 cm³/mol. The van der Waals surface area contributed by atoms with Gasteiger partial charge in [0, 0.05) is 24.4 Å². The molecule has 2 bridgehead atoms. The molecule has 2 aromatic carbocycles. The molecule has 94 heavy (non-hydrogen) atoms. The molecule has 3 saturated carbocycles. The first-order valence-corrected chi connectivity index (χ1v) is 35.1.